The summed E-state index contributed by atoms with van der Waals surface area (Å²) in [6.07, 6.45) is 22.7. The molecule has 5 aromatic rings. The van der Waals surface area contributed by atoms with E-state index >= 15 is 0 Å². The molecular weight excluding hydrogens is 599 g/mol. The van der Waals surface area contributed by atoms with Crippen molar-refractivity contribution in [3.8, 4) is 22.3 Å². The minimum atomic E-state index is -0.408. The van der Waals surface area contributed by atoms with E-state index < -0.39 is 5.54 Å². The molecule has 252 valence electrons. The summed E-state index contributed by atoms with van der Waals surface area (Å²) in [5, 5.41) is 0. The van der Waals surface area contributed by atoms with E-state index in [2.05, 4.69) is 103 Å². The van der Waals surface area contributed by atoms with Gasteiger partial charge in [0.2, 0.25) is 0 Å². The Kier molecular flexibility index (Phi) is 10.2. The van der Waals surface area contributed by atoms with Crippen molar-refractivity contribution in [2.45, 2.75) is 108 Å². The van der Waals surface area contributed by atoms with E-state index in [1.54, 1.807) is 0 Å². The van der Waals surface area contributed by atoms with Gasteiger partial charge in [-0.3, -0.25) is 14.9 Å². The second-order valence-electron chi connectivity index (χ2n) is 14.3. The van der Waals surface area contributed by atoms with Gasteiger partial charge >= 0.3 is 0 Å². The third-order valence-electron chi connectivity index (χ3n) is 11.4. The second-order valence-corrected chi connectivity index (χ2v) is 14.3. The minimum Gasteiger partial charge on any atom is -0.320 e. The Hall–Kier alpha value is -4.35. The molecule has 5 nitrogen and oxygen atoms in total. The summed E-state index contributed by atoms with van der Waals surface area (Å²) >= 11 is 0. The molecular formula is C44H51N5. The Balaban J connectivity index is 1.20. The Morgan fingerprint density at radius 1 is 0.592 bits per heavy atom. The molecule has 2 aliphatic carbocycles. The van der Waals surface area contributed by atoms with Crippen molar-refractivity contribution in [1.82, 2.24) is 15.0 Å². The SMILES string of the molecule is CCC(N)(CC)c1ccc(-c2cnccc2-c2ccc(N(c3ccc(C4CCCCC4)cc3)c3ccc(C4CCCCC4)cc3)nc2)cn1. The first-order valence-electron chi connectivity index (χ1n) is 18.7. The maximum Gasteiger partial charge on any atom is 0.137 e. The summed E-state index contributed by atoms with van der Waals surface area (Å²) in [6.45, 7) is 4.24. The second kappa shape index (κ2) is 15.0. The summed E-state index contributed by atoms with van der Waals surface area (Å²) in [5.41, 5.74) is 16.5. The summed E-state index contributed by atoms with van der Waals surface area (Å²) in [6, 6.07) is 29.1. The van der Waals surface area contributed by atoms with Crippen molar-refractivity contribution in [2.75, 3.05) is 4.90 Å². The van der Waals surface area contributed by atoms with Crippen LogP contribution in [0, 0.1) is 0 Å². The summed E-state index contributed by atoms with van der Waals surface area (Å²) < 4.78 is 0. The number of benzene rings is 2. The molecule has 2 N–H and O–H groups in total. The molecule has 3 aromatic heterocycles. The number of pyridine rings is 3. The molecule has 0 aliphatic heterocycles. The minimum absolute atomic E-state index is 0.408. The monoisotopic (exact) mass is 649 g/mol. The van der Waals surface area contributed by atoms with Gasteiger partial charge in [-0.05, 0) is 116 Å². The lowest BCUT2D eigenvalue weighted by Gasteiger charge is -2.27. The Morgan fingerprint density at radius 2 is 1.12 bits per heavy atom. The number of nitrogens with two attached hydrogens (primary N) is 1. The van der Waals surface area contributed by atoms with Crippen LogP contribution in [-0.2, 0) is 5.54 Å². The predicted molar refractivity (Wildman–Crippen MR) is 203 cm³/mol. The van der Waals surface area contributed by atoms with Crippen molar-refractivity contribution in [3.63, 3.8) is 0 Å². The average Bonchev–Trinajstić information content (AvgIpc) is 3.19. The lowest BCUT2D eigenvalue weighted by Crippen LogP contribution is -2.35. The summed E-state index contributed by atoms with van der Waals surface area (Å²) in [5.74, 6) is 2.26. The molecule has 0 atom stereocenters. The van der Waals surface area contributed by atoms with Crippen molar-refractivity contribution < 1.29 is 0 Å². The van der Waals surface area contributed by atoms with Crippen molar-refractivity contribution >= 4 is 17.2 Å². The number of anilines is 3. The highest BCUT2D eigenvalue weighted by atomic mass is 15.2. The van der Waals surface area contributed by atoms with E-state index in [1.807, 2.05) is 24.8 Å². The van der Waals surface area contributed by atoms with Gasteiger partial charge in [0.05, 0.1) is 11.2 Å². The molecule has 0 bridgehead atoms. The van der Waals surface area contributed by atoms with Crippen LogP contribution in [0.3, 0.4) is 0 Å². The molecule has 7 rings (SSSR count). The quantitative estimate of drug-likeness (QED) is 0.163. The molecule has 0 saturated heterocycles. The molecule has 0 spiro atoms. The fraction of sp³-hybridized carbons (Fsp3) is 0.386. The van der Waals surface area contributed by atoms with Crippen LogP contribution in [0.2, 0.25) is 0 Å². The first-order chi connectivity index (χ1) is 24.1. The zero-order valence-electron chi connectivity index (χ0n) is 29.3. The molecule has 0 unspecified atom stereocenters. The topological polar surface area (TPSA) is 67.9 Å². The summed E-state index contributed by atoms with van der Waals surface area (Å²) in [7, 11) is 0. The van der Waals surface area contributed by atoms with E-state index in [-0.39, 0.29) is 0 Å². The molecule has 49 heavy (non-hydrogen) atoms. The van der Waals surface area contributed by atoms with E-state index in [0.29, 0.717) is 11.8 Å². The maximum absolute atomic E-state index is 6.65. The molecule has 2 aliphatic rings. The fourth-order valence-electron chi connectivity index (χ4n) is 8.09. The molecule has 2 saturated carbocycles. The van der Waals surface area contributed by atoms with Gasteiger partial charge in [-0.2, -0.15) is 0 Å². The van der Waals surface area contributed by atoms with Gasteiger partial charge in [-0.25, -0.2) is 4.98 Å². The first kappa shape index (κ1) is 33.2. The highest BCUT2D eigenvalue weighted by Gasteiger charge is 2.25. The zero-order valence-corrected chi connectivity index (χ0v) is 29.3. The third kappa shape index (κ3) is 7.19. The van der Waals surface area contributed by atoms with Crippen LogP contribution >= 0.6 is 0 Å². The third-order valence-corrected chi connectivity index (χ3v) is 11.4. The number of aromatic nitrogens is 3. The predicted octanol–water partition coefficient (Wildman–Crippen LogP) is 11.7. The summed E-state index contributed by atoms with van der Waals surface area (Å²) in [4.78, 5) is 16.7. The van der Waals surface area contributed by atoms with Gasteiger partial charge in [0.15, 0.2) is 0 Å². The Bertz CT molecular complexity index is 1720. The van der Waals surface area contributed by atoms with Gasteiger partial charge in [-0.1, -0.05) is 82.7 Å². The smallest absolute Gasteiger partial charge is 0.137 e. The zero-order chi connectivity index (χ0) is 33.6. The number of hydrogen-bond acceptors (Lipinski definition) is 5. The molecule has 3 heterocycles. The number of hydrogen-bond donors (Lipinski definition) is 1. The molecule has 2 fully saturated rings. The van der Waals surface area contributed by atoms with E-state index in [4.69, 9.17) is 15.7 Å². The highest BCUT2D eigenvalue weighted by molar-refractivity contribution is 5.83. The van der Waals surface area contributed by atoms with E-state index in [9.17, 15) is 0 Å². The Labute approximate surface area is 293 Å². The molecule has 0 radical (unpaired) electrons. The maximum atomic E-state index is 6.65. The standard InChI is InChI=1S/C44H51N5/c1-3-44(45,4-2)42-25-19-37(29-47-42)41-31-46-28-27-40(41)36-20-26-43(48-30-36)49(38-21-15-34(16-22-38)32-11-7-5-8-12-32)39-23-17-35(18-24-39)33-13-9-6-10-14-33/h15-33H,3-14,45H2,1-2H3. The fourth-order valence-corrected chi connectivity index (χ4v) is 8.09. The van der Waals surface area contributed by atoms with Gasteiger partial charge in [-0.15, -0.1) is 0 Å². The number of nitrogens with zero attached hydrogens (tertiary/aromatic N) is 4. The van der Waals surface area contributed by atoms with E-state index in [0.717, 1.165) is 58.0 Å². The van der Waals surface area contributed by atoms with Crippen LogP contribution in [0.5, 0.6) is 0 Å². The van der Waals surface area contributed by atoms with Crippen LogP contribution in [-0.4, -0.2) is 15.0 Å². The van der Waals surface area contributed by atoms with Gasteiger partial charge < -0.3 is 5.73 Å². The van der Waals surface area contributed by atoms with Crippen molar-refractivity contribution in [2.24, 2.45) is 5.73 Å². The van der Waals surface area contributed by atoms with Crippen LogP contribution in [0.25, 0.3) is 22.3 Å². The van der Waals surface area contributed by atoms with Crippen LogP contribution < -0.4 is 10.6 Å². The lowest BCUT2D eigenvalue weighted by atomic mass is 9.84. The first-order valence-corrected chi connectivity index (χ1v) is 18.7. The van der Waals surface area contributed by atoms with Crippen LogP contribution in [0.15, 0.2) is 104 Å². The normalized spacial score (nSPS) is 16.1. The Morgan fingerprint density at radius 3 is 1.61 bits per heavy atom. The van der Waals surface area contributed by atoms with Gasteiger partial charge in [0.25, 0.3) is 0 Å². The van der Waals surface area contributed by atoms with Crippen molar-refractivity contribution in [1.29, 1.82) is 0 Å². The van der Waals surface area contributed by atoms with Gasteiger partial charge in [0.1, 0.15) is 5.82 Å². The number of rotatable bonds is 10. The lowest BCUT2D eigenvalue weighted by molar-refractivity contribution is 0.401. The molecule has 2 aromatic carbocycles. The highest BCUT2D eigenvalue weighted by Crippen LogP contribution is 2.40. The van der Waals surface area contributed by atoms with Crippen LogP contribution in [0.1, 0.15) is 120 Å². The van der Waals surface area contributed by atoms with Crippen molar-refractivity contribution in [3.05, 3.63) is 120 Å². The molecule has 5 heteroatoms. The van der Waals surface area contributed by atoms with E-state index in [1.165, 1.54) is 75.3 Å². The average molecular weight is 650 g/mol. The van der Waals surface area contributed by atoms with Crippen LogP contribution in [0.4, 0.5) is 17.2 Å². The largest absolute Gasteiger partial charge is 0.320 e. The molecule has 0 amide bonds. The van der Waals surface area contributed by atoms with Gasteiger partial charge in [0, 0.05) is 52.9 Å².